The van der Waals surface area contributed by atoms with Gasteiger partial charge >= 0.3 is 0 Å². The van der Waals surface area contributed by atoms with Crippen LogP contribution in [0.4, 0.5) is 0 Å². The van der Waals surface area contributed by atoms with Crippen LogP contribution in [0.5, 0.6) is 0 Å². The van der Waals surface area contributed by atoms with Crippen LogP contribution in [0, 0.1) is 0 Å². The molecule has 0 bridgehead atoms. The molecule has 0 aliphatic carbocycles. The maximum absolute atomic E-state index is 5.40. The molecular formula is C52H33N3S. The average molecular weight is 732 g/mol. The molecule has 4 heteroatoms. The van der Waals surface area contributed by atoms with Crippen LogP contribution < -0.4 is 0 Å². The van der Waals surface area contributed by atoms with Crippen molar-refractivity contribution in [2.45, 2.75) is 0 Å². The normalized spacial score (nSPS) is 11.6. The molecule has 0 atom stereocenters. The second-order valence-corrected chi connectivity index (χ2v) is 15.2. The lowest BCUT2D eigenvalue weighted by Crippen LogP contribution is -1.94. The molecule has 0 radical (unpaired) electrons. The Morgan fingerprint density at radius 1 is 0.393 bits per heavy atom. The van der Waals surface area contributed by atoms with Crippen LogP contribution in [-0.2, 0) is 0 Å². The van der Waals surface area contributed by atoms with Crippen LogP contribution in [0.1, 0.15) is 0 Å². The van der Waals surface area contributed by atoms with E-state index in [9.17, 15) is 0 Å². The minimum Gasteiger partial charge on any atom is -0.309 e. The van der Waals surface area contributed by atoms with Gasteiger partial charge in [0.1, 0.15) is 0 Å². The summed E-state index contributed by atoms with van der Waals surface area (Å²) in [7, 11) is 0. The van der Waals surface area contributed by atoms with Gasteiger partial charge in [0.15, 0.2) is 5.82 Å². The first-order valence-electron chi connectivity index (χ1n) is 18.9. The molecular weight excluding hydrogens is 699 g/mol. The highest BCUT2D eigenvalue weighted by atomic mass is 32.1. The summed E-state index contributed by atoms with van der Waals surface area (Å²) in [6.07, 6.45) is 0. The zero-order valence-electron chi connectivity index (χ0n) is 30.3. The van der Waals surface area contributed by atoms with E-state index >= 15 is 0 Å². The fraction of sp³-hybridized carbons (Fsp3) is 0. The van der Waals surface area contributed by atoms with E-state index in [1.807, 2.05) is 0 Å². The quantitative estimate of drug-likeness (QED) is 0.170. The Balaban J connectivity index is 1.13. The molecule has 0 aliphatic rings. The molecule has 0 N–H and O–H groups in total. The van der Waals surface area contributed by atoms with Crippen molar-refractivity contribution in [2.24, 2.45) is 0 Å². The Hall–Kier alpha value is -7.14. The Bertz CT molecular complexity index is 3240. The molecule has 0 aliphatic heterocycles. The van der Waals surface area contributed by atoms with E-state index in [-0.39, 0.29) is 0 Å². The monoisotopic (exact) mass is 731 g/mol. The molecule has 0 saturated carbocycles. The second kappa shape index (κ2) is 13.3. The molecule has 3 heterocycles. The third-order valence-corrected chi connectivity index (χ3v) is 12.0. The van der Waals surface area contributed by atoms with E-state index in [0.717, 1.165) is 55.1 Å². The van der Waals surface area contributed by atoms with Gasteiger partial charge in [-0.3, -0.25) is 0 Å². The summed E-state index contributed by atoms with van der Waals surface area (Å²) in [4.78, 5) is 10.7. The molecule has 262 valence electrons. The fourth-order valence-electron chi connectivity index (χ4n) is 8.19. The average Bonchev–Trinajstić information content (AvgIpc) is 3.83. The third kappa shape index (κ3) is 5.42. The first-order chi connectivity index (χ1) is 27.8. The van der Waals surface area contributed by atoms with Crippen molar-refractivity contribution < 1.29 is 0 Å². The lowest BCUT2D eigenvalue weighted by Gasteiger charge is -2.11. The van der Waals surface area contributed by atoms with Gasteiger partial charge in [-0.05, 0) is 81.9 Å². The van der Waals surface area contributed by atoms with Gasteiger partial charge in [0.25, 0.3) is 0 Å². The van der Waals surface area contributed by atoms with E-state index in [2.05, 4.69) is 205 Å². The molecule has 0 fully saturated rings. The number of nitrogens with zero attached hydrogens (tertiary/aromatic N) is 3. The van der Waals surface area contributed by atoms with Gasteiger partial charge in [-0.2, -0.15) is 0 Å². The number of thiophene rings is 1. The van der Waals surface area contributed by atoms with Crippen molar-refractivity contribution in [3.63, 3.8) is 0 Å². The first-order valence-corrected chi connectivity index (χ1v) is 19.7. The Morgan fingerprint density at radius 2 is 1.00 bits per heavy atom. The molecule has 0 unspecified atom stereocenters. The maximum Gasteiger partial charge on any atom is 0.160 e. The molecule has 0 saturated heterocycles. The summed E-state index contributed by atoms with van der Waals surface area (Å²) in [5.74, 6) is 0.723. The first kappa shape index (κ1) is 32.3. The Kier molecular flexibility index (Phi) is 7.68. The zero-order valence-corrected chi connectivity index (χ0v) is 31.1. The number of para-hydroxylation sites is 1. The topological polar surface area (TPSA) is 30.7 Å². The highest BCUT2D eigenvalue weighted by molar-refractivity contribution is 7.26. The fourth-order valence-corrected chi connectivity index (χ4v) is 9.35. The van der Waals surface area contributed by atoms with Crippen LogP contribution in [-0.4, -0.2) is 14.5 Å². The van der Waals surface area contributed by atoms with Crippen LogP contribution >= 0.6 is 11.3 Å². The lowest BCUT2D eigenvalue weighted by atomic mass is 9.96. The molecule has 0 amide bonds. The highest BCUT2D eigenvalue weighted by Gasteiger charge is 2.20. The number of aromatic nitrogens is 3. The van der Waals surface area contributed by atoms with E-state index < -0.39 is 0 Å². The largest absolute Gasteiger partial charge is 0.309 e. The number of rotatable bonds is 6. The second-order valence-electron chi connectivity index (χ2n) is 14.2. The third-order valence-electron chi connectivity index (χ3n) is 10.8. The van der Waals surface area contributed by atoms with E-state index in [0.29, 0.717) is 0 Å². The zero-order chi connectivity index (χ0) is 37.0. The van der Waals surface area contributed by atoms with E-state index in [1.54, 1.807) is 11.3 Å². The van der Waals surface area contributed by atoms with Crippen LogP contribution in [0.25, 0.3) is 104 Å². The molecule has 0 spiro atoms. The summed E-state index contributed by atoms with van der Waals surface area (Å²) in [6.45, 7) is 0. The standard InChI is InChI=1S/C52H33N3S/c1-4-15-34(16-5-1)36-19-12-22-40(31-36)52-53-49(51-50(54-52)43-25-10-11-28-47(43)56-51)39-21-13-20-38(32-39)42-26-14-27-46-48(42)44-33-37(35-17-6-2-7-18-35)29-30-45(44)55(46)41-23-8-3-9-24-41/h1-33H. The summed E-state index contributed by atoms with van der Waals surface area (Å²) in [5, 5.41) is 3.61. The van der Waals surface area contributed by atoms with Gasteiger partial charge in [0, 0.05) is 37.7 Å². The summed E-state index contributed by atoms with van der Waals surface area (Å²) in [6, 6.07) is 71.5. The van der Waals surface area contributed by atoms with Crippen molar-refractivity contribution in [2.75, 3.05) is 0 Å². The molecule has 3 aromatic heterocycles. The molecule has 8 aromatic carbocycles. The van der Waals surface area contributed by atoms with Gasteiger partial charge < -0.3 is 4.57 Å². The number of hydrogen-bond donors (Lipinski definition) is 0. The lowest BCUT2D eigenvalue weighted by molar-refractivity contribution is 1.18. The Morgan fingerprint density at radius 3 is 1.79 bits per heavy atom. The van der Waals surface area contributed by atoms with Crippen LogP contribution in [0.15, 0.2) is 200 Å². The van der Waals surface area contributed by atoms with Crippen molar-refractivity contribution >= 4 is 53.4 Å². The summed E-state index contributed by atoms with van der Waals surface area (Å²) < 4.78 is 4.70. The smallest absolute Gasteiger partial charge is 0.160 e. The molecule has 3 nitrogen and oxygen atoms in total. The van der Waals surface area contributed by atoms with Crippen molar-refractivity contribution in [1.29, 1.82) is 0 Å². The van der Waals surface area contributed by atoms with Crippen LogP contribution in [0.3, 0.4) is 0 Å². The van der Waals surface area contributed by atoms with Gasteiger partial charge in [-0.15, -0.1) is 11.3 Å². The maximum atomic E-state index is 5.40. The van der Waals surface area contributed by atoms with E-state index in [1.165, 1.54) is 48.8 Å². The number of benzene rings is 8. The van der Waals surface area contributed by atoms with Crippen molar-refractivity contribution in [3.8, 4) is 61.7 Å². The molecule has 11 aromatic rings. The predicted octanol–water partition coefficient (Wildman–Crippen LogP) is 14.3. The van der Waals surface area contributed by atoms with Gasteiger partial charge in [0.05, 0.1) is 26.9 Å². The van der Waals surface area contributed by atoms with E-state index in [4.69, 9.17) is 9.97 Å². The van der Waals surface area contributed by atoms with Gasteiger partial charge in [0.2, 0.25) is 0 Å². The van der Waals surface area contributed by atoms with Crippen molar-refractivity contribution in [1.82, 2.24) is 14.5 Å². The minimum absolute atomic E-state index is 0.723. The SMILES string of the molecule is c1ccc(-c2cccc(-c3nc(-c4cccc(-c5cccc6c5c5cc(-c7ccccc7)ccc5n6-c5ccccc5)c4)c4sc5ccccc5c4n3)c2)cc1. The van der Waals surface area contributed by atoms with Crippen LogP contribution in [0.2, 0.25) is 0 Å². The van der Waals surface area contributed by atoms with Crippen molar-refractivity contribution in [3.05, 3.63) is 200 Å². The number of hydrogen-bond acceptors (Lipinski definition) is 3. The van der Waals surface area contributed by atoms with Gasteiger partial charge in [-0.1, -0.05) is 152 Å². The molecule has 56 heavy (non-hydrogen) atoms. The van der Waals surface area contributed by atoms with Gasteiger partial charge in [-0.25, -0.2) is 9.97 Å². The Labute approximate surface area is 328 Å². The minimum atomic E-state index is 0.723. The highest BCUT2D eigenvalue weighted by Crippen LogP contribution is 2.43. The predicted molar refractivity (Wildman–Crippen MR) is 236 cm³/mol. The summed E-state index contributed by atoms with van der Waals surface area (Å²) >= 11 is 1.77. The number of fused-ring (bicyclic) bond motifs is 6. The molecule has 11 rings (SSSR count). The summed E-state index contributed by atoms with van der Waals surface area (Å²) in [5.41, 5.74) is 14.5.